The number of ether oxygens (including phenoxy) is 1. The molecule has 0 bridgehead atoms. The molecule has 0 aliphatic carbocycles. The van der Waals surface area contributed by atoms with Crippen LogP contribution in [0.2, 0.25) is 4.34 Å². The molecule has 3 N–H and O–H groups in total. The van der Waals surface area contributed by atoms with Gasteiger partial charge < -0.3 is 20.1 Å². The molecular weight excluding hydrogens is 898 g/mol. The number of sulfonamides is 2. The summed E-state index contributed by atoms with van der Waals surface area (Å²) in [5.74, 6) is 0.524. The molecule has 2 aliphatic rings. The van der Waals surface area contributed by atoms with Crippen LogP contribution in [0, 0.1) is 11.8 Å². The largest absolute Gasteiger partial charge is 0.480 e. The second-order valence-corrected chi connectivity index (χ2v) is 20.6. The molecule has 53 heavy (non-hydrogen) atoms. The number of rotatable bonds is 20. The van der Waals surface area contributed by atoms with Crippen molar-refractivity contribution in [3.8, 4) is 0 Å². The molecule has 13 nitrogen and oxygen atoms in total. The first-order chi connectivity index (χ1) is 25.2. The van der Waals surface area contributed by atoms with Gasteiger partial charge in [0.2, 0.25) is 10.0 Å². The number of hydrogen-bond acceptors (Lipinski definition) is 10. The Morgan fingerprint density at radius 3 is 2.21 bits per heavy atom. The monoisotopic (exact) mass is 943 g/mol. The summed E-state index contributed by atoms with van der Waals surface area (Å²) in [6, 6.07) is 1.70. The lowest BCUT2D eigenvalue weighted by Crippen LogP contribution is -2.41. The molecule has 2 saturated heterocycles. The van der Waals surface area contributed by atoms with Gasteiger partial charge in [0, 0.05) is 43.4 Å². The summed E-state index contributed by atoms with van der Waals surface area (Å²) in [6.45, 7) is 6.49. The first kappa shape index (κ1) is 43.9. The zero-order valence-electron chi connectivity index (χ0n) is 29.5. The predicted octanol–water partition coefficient (Wildman–Crippen LogP) is 7.40. The van der Waals surface area contributed by atoms with Crippen molar-refractivity contribution in [1.29, 1.82) is 0 Å². The van der Waals surface area contributed by atoms with Gasteiger partial charge in [-0.3, -0.25) is 4.79 Å². The summed E-state index contributed by atoms with van der Waals surface area (Å²) in [5, 5.41) is 12.2. The third-order valence-corrected chi connectivity index (χ3v) is 16.5. The van der Waals surface area contributed by atoms with Gasteiger partial charge in [0.1, 0.15) is 31.9 Å². The number of piperidine rings is 2. The lowest BCUT2D eigenvalue weighted by atomic mass is 9.89. The van der Waals surface area contributed by atoms with Crippen molar-refractivity contribution < 1.29 is 36.3 Å². The van der Waals surface area contributed by atoms with E-state index in [9.17, 15) is 31.5 Å². The normalized spacial score (nSPS) is 17.1. The molecular formula is C34H48Br2ClN5O8S3. The number of carbonyl (C=O) groups excluding carboxylic acids is 1. The molecule has 4 heterocycles. The molecule has 0 radical (unpaired) electrons. The van der Waals surface area contributed by atoms with E-state index in [2.05, 4.69) is 58.4 Å². The maximum Gasteiger partial charge on any atom is 0.407 e. The van der Waals surface area contributed by atoms with E-state index in [1.54, 1.807) is 10.4 Å². The van der Waals surface area contributed by atoms with Crippen LogP contribution in [-0.2, 0) is 29.6 Å². The fourth-order valence-corrected chi connectivity index (χ4v) is 12.5. The van der Waals surface area contributed by atoms with E-state index in [1.165, 1.54) is 18.3 Å². The molecule has 2 aromatic heterocycles. The summed E-state index contributed by atoms with van der Waals surface area (Å²) in [4.78, 5) is 29.8. The van der Waals surface area contributed by atoms with Crippen LogP contribution in [0.5, 0.6) is 0 Å². The number of amides is 1. The quantitative estimate of drug-likeness (QED) is 0.0896. The average molecular weight is 946 g/mol. The van der Waals surface area contributed by atoms with Crippen LogP contribution >= 0.6 is 54.8 Å². The Labute approximate surface area is 338 Å². The first-order valence-corrected chi connectivity index (χ1v) is 23.5. The van der Waals surface area contributed by atoms with Gasteiger partial charge in [0.25, 0.3) is 10.0 Å². The molecule has 0 saturated carbocycles. The summed E-state index contributed by atoms with van der Waals surface area (Å²) in [5.41, 5.74) is 0. The van der Waals surface area contributed by atoms with Gasteiger partial charge in [0.05, 0.1) is 4.47 Å². The van der Waals surface area contributed by atoms with E-state index in [4.69, 9.17) is 16.3 Å². The minimum Gasteiger partial charge on any atom is -0.480 e. The predicted molar refractivity (Wildman–Crippen MR) is 214 cm³/mol. The van der Waals surface area contributed by atoms with Crippen molar-refractivity contribution in [1.82, 2.24) is 19.3 Å². The highest BCUT2D eigenvalue weighted by Gasteiger charge is 2.31. The molecule has 296 valence electrons. The molecule has 2 aromatic rings. The van der Waals surface area contributed by atoms with E-state index in [0.29, 0.717) is 56.9 Å². The Hall–Kier alpha value is -1.80. The number of aliphatic carboxylic acids is 1. The van der Waals surface area contributed by atoms with Crippen LogP contribution < -0.4 is 14.9 Å². The lowest BCUT2D eigenvalue weighted by molar-refractivity contribution is -0.139. The maximum atomic E-state index is 13.1. The Morgan fingerprint density at radius 2 is 1.64 bits per heavy atom. The van der Waals surface area contributed by atoms with Crippen molar-refractivity contribution >= 4 is 92.7 Å². The van der Waals surface area contributed by atoms with Crippen LogP contribution in [0.3, 0.4) is 0 Å². The molecule has 0 spiro atoms. The van der Waals surface area contributed by atoms with Crippen LogP contribution in [0.15, 0.2) is 49.0 Å². The minimum atomic E-state index is -4.16. The zero-order valence-corrected chi connectivity index (χ0v) is 35.9. The highest BCUT2D eigenvalue weighted by Crippen LogP contribution is 2.37. The SMILES string of the molecule is C=CCOC(=O)NCCCCC(NS(=O)(=O)c1cnc(N2CCC(CCCCCC3CCN(S(=O)(=O)c4cc(Br)c(Cl)s4)CC3)CC2)c(Br)c1)C(=O)O. The number of carboxylic acids is 1. The van der Waals surface area contributed by atoms with Gasteiger partial charge in [0.15, 0.2) is 0 Å². The summed E-state index contributed by atoms with van der Waals surface area (Å²) in [7, 11) is -7.67. The molecule has 1 amide bonds. The smallest absolute Gasteiger partial charge is 0.407 e. The van der Waals surface area contributed by atoms with Gasteiger partial charge in [-0.25, -0.2) is 26.6 Å². The first-order valence-electron chi connectivity index (χ1n) is 17.8. The van der Waals surface area contributed by atoms with Gasteiger partial charge in [-0.15, -0.1) is 11.3 Å². The molecule has 0 aromatic carbocycles. The Balaban J connectivity index is 1.13. The van der Waals surface area contributed by atoms with Gasteiger partial charge >= 0.3 is 12.1 Å². The average Bonchev–Trinajstić information content (AvgIpc) is 3.48. The second-order valence-electron chi connectivity index (χ2n) is 13.4. The van der Waals surface area contributed by atoms with Crippen LogP contribution in [-0.4, -0.2) is 88.7 Å². The van der Waals surface area contributed by atoms with E-state index < -0.39 is 38.2 Å². The van der Waals surface area contributed by atoms with Crippen molar-refractivity contribution in [3.63, 3.8) is 0 Å². The molecule has 2 fully saturated rings. The number of unbranched alkanes of at least 4 members (excludes halogenated alkanes) is 3. The van der Waals surface area contributed by atoms with Gasteiger partial charge in [-0.05, 0) is 101 Å². The van der Waals surface area contributed by atoms with Crippen LogP contribution in [0.1, 0.15) is 77.0 Å². The second kappa shape index (κ2) is 20.9. The zero-order chi connectivity index (χ0) is 38.6. The highest BCUT2D eigenvalue weighted by atomic mass is 79.9. The van der Waals surface area contributed by atoms with Crippen molar-refractivity contribution in [2.75, 3.05) is 44.2 Å². The lowest BCUT2D eigenvalue weighted by Gasteiger charge is -2.33. The number of aromatic nitrogens is 1. The topological polar surface area (TPSA) is 175 Å². The van der Waals surface area contributed by atoms with Gasteiger partial charge in [-0.2, -0.15) is 9.03 Å². The van der Waals surface area contributed by atoms with Crippen molar-refractivity contribution in [3.05, 3.63) is 44.3 Å². The molecule has 1 atom stereocenters. The number of pyridine rings is 1. The van der Waals surface area contributed by atoms with E-state index in [0.717, 1.165) is 82.2 Å². The summed E-state index contributed by atoms with van der Waals surface area (Å²) < 4.78 is 62.7. The Morgan fingerprint density at radius 1 is 1.00 bits per heavy atom. The van der Waals surface area contributed by atoms with E-state index in [1.807, 2.05) is 0 Å². The molecule has 2 aliphatic heterocycles. The fourth-order valence-electron chi connectivity index (χ4n) is 6.63. The van der Waals surface area contributed by atoms with Crippen molar-refractivity contribution in [2.45, 2.75) is 92.2 Å². The maximum absolute atomic E-state index is 13.1. The Kier molecular flexibility index (Phi) is 17.3. The molecule has 4 rings (SSSR count). The standard InChI is InChI=1S/C34H48Br2ClN5O8S3/c1-2-20-50-34(45)38-15-7-6-10-29(33(43)44)40-52(46,47)26-21-28(36)32(39-23-26)41-16-11-24(12-17-41)8-4-3-5-9-25-13-18-42(19-14-25)53(48,49)30-22-27(35)31(37)51-30/h2,21-25,29,40H,1,3-20H2,(H,38,45)(H,43,44). The minimum absolute atomic E-state index is 0.0408. The highest BCUT2D eigenvalue weighted by molar-refractivity contribution is 9.11. The number of halogens is 3. The third kappa shape index (κ3) is 13.1. The number of anilines is 1. The number of nitrogens with one attached hydrogen (secondary N) is 2. The van der Waals surface area contributed by atoms with Crippen LogP contribution in [0.25, 0.3) is 0 Å². The third-order valence-electron chi connectivity index (χ3n) is 9.65. The molecule has 19 heteroatoms. The molecule has 1 unspecified atom stereocenters. The number of carboxylic acid groups (broad SMARTS) is 1. The van der Waals surface area contributed by atoms with E-state index >= 15 is 0 Å². The number of alkyl carbamates (subject to hydrolysis) is 1. The van der Waals surface area contributed by atoms with Crippen LogP contribution in [0.4, 0.5) is 10.6 Å². The Bertz CT molecular complexity index is 1750. The van der Waals surface area contributed by atoms with Crippen molar-refractivity contribution in [2.24, 2.45) is 11.8 Å². The van der Waals surface area contributed by atoms with E-state index in [-0.39, 0.29) is 28.7 Å². The number of hydrogen-bond donors (Lipinski definition) is 3. The van der Waals surface area contributed by atoms with Gasteiger partial charge in [-0.1, -0.05) is 56.4 Å². The summed E-state index contributed by atoms with van der Waals surface area (Å²) in [6.07, 6.45) is 12.5. The number of thiophene rings is 1. The number of nitrogens with zero attached hydrogens (tertiary/aromatic N) is 3. The summed E-state index contributed by atoms with van der Waals surface area (Å²) >= 11 is 13.9. The fraction of sp³-hybridized carbons (Fsp3) is 0.618. The number of carbonyl (C=O) groups is 2.